The Morgan fingerprint density at radius 2 is 0.650 bits per heavy atom. The molecule has 0 atom stereocenters. The Labute approximate surface area is 344 Å². The number of rotatable bonds is 3. The smallest absolute Gasteiger partial charge is 0.252 e. The summed E-state index contributed by atoms with van der Waals surface area (Å²) >= 11 is 0. The average molecular weight is 756 g/mol. The van der Waals surface area contributed by atoms with E-state index in [1.165, 1.54) is 121 Å². The van der Waals surface area contributed by atoms with Crippen molar-refractivity contribution in [3.63, 3.8) is 0 Å². The van der Waals surface area contributed by atoms with E-state index in [-0.39, 0.29) is 13.4 Å². The van der Waals surface area contributed by atoms with Gasteiger partial charge in [0.1, 0.15) is 0 Å². The molecule has 0 unspecified atom stereocenters. The lowest BCUT2D eigenvalue weighted by atomic mass is 9.30. The molecule has 12 aromatic rings. The summed E-state index contributed by atoms with van der Waals surface area (Å²) in [6, 6.07) is 68.7. The number of nitrogens with zero attached hydrogens (tertiary/aromatic N) is 4. The Balaban J connectivity index is 1.27. The maximum Gasteiger partial charge on any atom is 0.252 e. The lowest BCUT2D eigenvalue weighted by Gasteiger charge is -2.44. The van der Waals surface area contributed by atoms with Crippen molar-refractivity contribution in [3.05, 3.63) is 182 Å². The van der Waals surface area contributed by atoms with E-state index in [1.54, 1.807) is 0 Å². The van der Waals surface area contributed by atoms with Gasteiger partial charge in [-0.3, -0.25) is 0 Å². The molecule has 0 fully saturated rings. The third-order valence-electron chi connectivity index (χ3n) is 14.5. The normalized spacial score (nSPS) is 13.6. The van der Waals surface area contributed by atoms with E-state index in [4.69, 9.17) is 0 Å². The predicted molar refractivity (Wildman–Crippen MR) is 253 cm³/mol. The molecule has 0 spiro atoms. The quantitative estimate of drug-likeness (QED) is 0.165. The van der Waals surface area contributed by atoms with Gasteiger partial charge in [0.05, 0.1) is 28.1 Å². The average Bonchev–Trinajstić information content (AvgIpc) is 3.96. The fourth-order valence-corrected chi connectivity index (χ4v) is 12.6. The van der Waals surface area contributed by atoms with Crippen LogP contribution in [0.15, 0.2) is 182 Å². The molecule has 6 heteroatoms. The van der Waals surface area contributed by atoms with E-state index >= 15 is 0 Å². The Hall–Kier alpha value is -7.69. The molecule has 16 rings (SSSR count). The van der Waals surface area contributed by atoms with Gasteiger partial charge < -0.3 is 18.6 Å². The maximum absolute atomic E-state index is 2.72. The topological polar surface area (TPSA) is 18.0 Å². The molecular weight excluding hydrogens is 726 g/mol. The highest BCUT2D eigenvalue weighted by Gasteiger charge is 2.51. The van der Waals surface area contributed by atoms with Gasteiger partial charge in [0.25, 0.3) is 13.4 Å². The van der Waals surface area contributed by atoms with E-state index in [2.05, 4.69) is 201 Å². The van der Waals surface area contributed by atoms with E-state index < -0.39 is 0 Å². The van der Waals surface area contributed by atoms with E-state index in [9.17, 15) is 0 Å². The van der Waals surface area contributed by atoms with Gasteiger partial charge in [-0.25, -0.2) is 0 Å². The van der Waals surface area contributed by atoms with Gasteiger partial charge in [-0.2, -0.15) is 0 Å². The van der Waals surface area contributed by atoms with Crippen LogP contribution in [0.2, 0.25) is 0 Å². The summed E-state index contributed by atoms with van der Waals surface area (Å²) in [4.78, 5) is 2.58. The molecular formula is C54H30B2N4. The van der Waals surface area contributed by atoms with Gasteiger partial charge in [0.2, 0.25) is 0 Å². The second kappa shape index (κ2) is 10.3. The number of fused-ring (bicyclic) bond motifs is 13. The van der Waals surface area contributed by atoms with Gasteiger partial charge in [0, 0.05) is 71.4 Å². The first-order valence-electron chi connectivity index (χ1n) is 21.1. The van der Waals surface area contributed by atoms with Crippen molar-refractivity contribution in [1.82, 2.24) is 13.7 Å². The molecule has 9 aromatic carbocycles. The highest BCUT2D eigenvalue weighted by molar-refractivity contribution is 7.04. The van der Waals surface area contributed by atoms with Crippen molar-refractivity contribution in [2.75, 3.05) is 4.90 Å². The minimum absolute atomic E-state index is 0.0225. The van der Waals surface area contributed by atoms with Gasteiger partial charge in [0.15, 0.2) is 0 Å². The standard InChI is InChI=1S/C54H30B2N4/c1-3-15-31(16-4-1)57(32-17-5-2-6-18-32)54-52-45-51-46-53(54)59-44-30-10-8-20-34(44)36-22-12-26-40(48(36)59)56(46)42-28-14-24-38-37-23-13-27-41(49(37)60(51)50(38)42)55(45)39-25-11-21-35-33-19-7-9-29-43(33)58(52)47(35)39/h1-30H. The van der Waals surface area contributed by atoms with Crippen molar-refractivity contribution >= 4 is 129 Å². The molecule has 0 N–H and O–H groups in total. The molecule has 7 heterocycles. The zero-order chi connectivity index (χ0) is 38.5. The number of para-hydroxylation sites is 8. The number of hydrogen-bond acceptors (Lipinski definition) is 1. The van der Waals surface area contributed by atoms with Crippen LogP contribution in [0.3, 0.4) is 0 Å². The van der Waals surface area contributed by atoms with Crippen LogP contribution in [0.5, 0.6) is 0 Å². The largest absolute Gasteiger partial charge is 0.311 e. The van der Waals surface area contributed by atoms with Crippen LogP contribution < -0.4 is 37.7 Å². The summed E-state index contributed by atoms with van der Waals surface area (Å²) in [6.07, 6.45) is 0. The fourth-order valence-electron chi connectivity index (χ4n) is 12.6. The van der Waals surface area contributed by atoms with Gasteiger partial charge >= 0.3 is 0 Å². The first-order valence-corrected chi connectivity index (χ1v) is 21.1. The second-order valence-electron chi connectivity index (χ2n) is 17.1. The number of anilines is 3. The van der Waals surface area contributed by atoms with Crippen molar-refractivity contribution in [2.24, 2.45) is 0 Å². The van der Waals surface area contributed by atoms with Crippen LogP contribution in [0.4, 0.5) is 17.1 Å². The molecule has 4 aliphatic heterocycles. The summed E-state index contributed by atoms with van der Waals surface area (Å²) < 4.78 is 8.05. The summed E-state index contributed by atoms with van der Waals surface area (Å²) in [5, 5.41) is 7.84. The molecule has 0 bridgehead atoms. The van der Waals surface area contributed by atoms with Crippen LogP contribution in [-0.2, 0) is 0 Å². The number of aromatic nitrogens is 3. The molecule has 4 aliphatic rings. The molecule has 0 saturated carbocycles. The lowest BCUT2D eigenvalue weighted by molar-refractivity contribution is 1.09. The Bertz CT molecular complexity index is 3720. The minimum Gasteiger partial charge on any atom is -0.311 e. The molecule has 4 nitrogen and oxygen atoms in total. The van der Waals surface area contributed by atoms with Crippen LogP contribution in [-0.4, -0.2) is 27.1 Å². The fraction of sp³-hybridized carbons (Fsp3) is 0. The molecule has 272 valence electrons. The first kappa shape index (κ1) is 30.4. The maximum atomic E-state index is 2.72. The number of hydrogen-bond donors (Lipinski definition) is 0. The third-order valence-corrected chi connectivity index (χ3v) is 14.5. The van der Waals surface area contributed by atoms with Crippen molar-refractivity contribution < 1.29 is 0 Å². The Morgan fingerprint density at radius 3 is 1.08 bits per heavy atom. The zero-order valence-corrected chi connectivity index (χ0v) is 32.3. The molecule has 60 heavy (non-hydrogen) atoms. The molecule has 0 radical (unpaired) electrons. The number of benzene rings is 9. The molecule has 0 amide bonds. The summed E-state index contributed by atoms with van der Waals surface area (Å²) in [5.74, 6) is 0. The molecule has 0 saturated heterocycles. The first-order chi connectivity index (χ1) is 29.9. The monoisotopic (exact) mass is 756 g/mol. The SMILES string of the molecule is c1ccc(N(c2ccccc2)c2c3c4c5c6c2-n2c7ccccc7c7cccc(c72)B6c2cccc6c7cccc(c7n-5c26)B4c2cccc4c5ccccc5n-3c24)cc1. The van der Waals surface area contributed by atoms with Gasteiger partial charge in [-0.15, -0.1) is 0 Å². The van der Waals surface area contributed by atoms with E-state index in [1.807, 2.05) is 0 Å². The molecule has 0 aliphatic carbocycles. The Morgan fingerprint density at radius 1 is 0.300 bits per heavy atom. The van der Waals surface area contributed by atoms with Crippen molar-refractivity contribution in [3.8, 4) is 17.1 Å². The lowest BCUT2D eigenvalue weighted by Crippen LogP contribution is -2.66. The van der Waals surface area contributed by atoms with Crippen LogP contribution >= 0.6 is 0 Å². The van der Waals surface area contributed by atoms with E-state index in [0.717, 1.165) is 11.4 Å². The minimum atomic E-state index is 0.0225. The predicted octanol–water partition coefficient (Wildman–Crippen LogP) is 8.73. The Kier molecular flexibility index (Phi) is 5.22. The highest BCUT2D eigenvalue weighted by Crippen LogP contribution is 2.50. The van der Waals surface area contributed by atoms with E-state index in [0.29, 0.717) is 0 Å². The van der Waals surface area contributed by atoms with Crippen molar-refractivity contribution in [2.45, 2.75) is 0 Å². The third kappa shape index (κ3) is 3.24. The van der Waals surface area contributed by atoms with Crippen LogP contribution in [0.25, 0.3) is 82.5 Å². The second-order valence-corrected chi connectivity index (χ2v) is 17.1. The van der Waals surface area contributed by atoms with Crippen molar-refractivity contribution in [1.29, 1.82) is 0 Å². The highest BCUT2D eigenvalue weighted by atomic mass is 15.2. The summed E-state index contributed by atoms with van der Waals surface area (Å²) in [6.45, 7) is 0.0449. The summed E-state index contributed by atoms with van der Waals surface area (Å²) in [7, 11) is 0. The molecule has 3 aromatic heterocycles. The zero-order valence-electron chi connectivity index (χ0n) is 32.3. The van der Waals surface area contributed by atoms with Gasteiger partial charge in [-0.05, 0) is 69.2 Å². The van der Waals surface area contributed by atoms with Gasteiger partial charge in [-0.1, -0.05) is 146 Å². The summed E-state index contributed by atoms with van der Waals surface area (Å²) in [5.41, 5.74) is 23.4. The van der Waals surface area contributed by atoms with Crippen LogP contribution in [0, 0.1) is 0 Å². The van der Waals surface area contributed by atoms with Crippen LogP contribution in [0.1, 0.15) is 0 Å².